The van der Waals surface area contributed by atoms with E-state index in [4.69, 9.17) is 23.2 Å². The van der Waals surface area contributed by atoms with E-state index in [9.17, 15) is 9.90 Å². The van der Waals surface area contributed by atoms with Crippen LogP contribution in [-0.2, 0) is 4.79 Å². The van der Waals surface area contributed by atoms with Gasteiger partial charge in [-0.3, -0.25) is 4.79 Å². The molecule has 7 heteroatoms. The van der Waals surface area contributed by atoms with Crippen molar-refractivity contribution in [3.05, 3.63) is 22.2 Å². The van der Waals surface area contributed by atoms with Gasteiger partial charge >= 0.3 is 0 Å². The zero-order valence-electron chi connectivity index (χ0n) is 11.5. The third-order valence-corrected chi connectivity index (χ3v) is 4.12. The lowest BCUT2D eigenvalue weighted by Crippen LogP contribution is -2.28. The van der Waals surface area contributed by atoms with E-state index in [0.717, 1.165) is 32.4 Å². The molecule has 1 aliphatic rings. The lowest BCUT2D eigenvalue weighted by molar-refractivity contribution is -0.116. The van der Waals surface area contributed by atoms with Gasteiger partial charge in [0.25, 0.3) is 0 Å². The third-order valence-electron chi connectivity index (χ3n) is 3.54. The number of hydrogen-bond acceptors (Lipinski definition) is 3. The first-order valence-electron chi connectivity index (χ1n) is 6.75. The molecule has 2 rings (SSSR count). The van der Waals surface area contributed by atoms with E-state index in [1.165, 1.54) is 12.1 Å². The molecular weight excluding hydrogens is 335 g/mol. The summed E-state index contributed by atoms with van der Waals surface area (Å²) in [7, 11) is 0. The third kappa shape index (κ3) is 5.55. The quantitative estimate of drug-likeness (QED) is 0.721. The van der Waals surface area contributed by atoms with Gasteiger partial charge in [0.1, 0.15) is 0 Å². The van der Waals surface area contributed by atoms with Gasteiger partial charge in [-0.05, 0) is 50.4 Å². The molecule has 118 valence electrons. The van der Waals surface area contributed by atoms with Gasteiger partial charge in [-0.2, -0.15) is 0 Å². The molecule has 4 nitrogen and oxygen atoms in total. The number of anilines is 1. The molecule has 1 saturated heterocycles. The van der Waals surface area contributed by atoms with Crippen molar-refractivity contribution in [3.8, 4) is 5.75 Å². The molecule has 0 radical (unpaired) electrons. The Labute approximate surface area is 140 Å². The standard InChI is InChI=1S/C14H18Cl2N2O2.ClH/c15-11-7-10(8-12(16)14(11)20)18-13(19)2-1-9-3-5-17-6-4-9;/h7-9,17,20H,1-6H2,(H,18,19);1H. The first-order chi connectivity index (χ1) is 9.56. The van der Waals surface area contributed by atoms with Crippen LogP contribution in [0.15, 0.2) is 12.1 Å². The number of nitrogens with one attached hydrogen (secondary N) is 2. The Morgan fingerprint density at radius 3 is 2.43 bits per heavy atom. The Morgan fingerprint density at radius 1 is 1.29 bits per heavy atom. The number of phenolic OH excluding ortho intramolecular Hbond substituents is 1. The lowest BCUT2D eigenvalue weighted by atomic mass is 9.93. The van der Waals surface area contributed by atoms with Crippen molar-refractivity contribution >= 4 is 47.2 Å². The topological polar surface area (TPSA) is 61.4 Å². The maximum absolute atomic E-state index is 11.9. The monoisotopic (exact) mass is 352 g/mol. The number of benzene rings is 1. The fourth-order valence-electron chi connectivity index (χ4n) is 2.37. The molecule has 0 aliphatic carbocycles. The Bertz CT molecular complexity index is 468. The van der Waals surface area contributed by atoms with E-state index in [2.05, 4.69) is 10.6 Å². The molecule has 0 aromatic heterocycles. The number of carbonyl (C=O) groups is 1. The van der Waals surface area contributed by atoms with Gasteiger partial charge < -0.3 is 15.7 Å². The van der Waals surface area contributed by atoms with Crippen molar-refractivity contribution in [1.29, 1.82) is 0 Å². The number of piperidine rings is 1. The number of rotatable bonds is 4. The summed E-state index contributed by atoms with van der Waals surface area (Å²) in [6.45, 7) is 2.07. The smallest absolute Gasteiger partial charge is 0.224 e. The van der Waals surface area contributed by atoms with Crippen LogP contribution in [0.1, 0.15) is 25.7 Å². The van der Waals surface area contributed by atoms with Crippen molar-refractivity contribution in [1.82, 2.24) is 5.32 Å². The van der Waals surface area contributed by atoms with E-state index < -0.39 is 0 Å². The summed E-state index contributed by atoms with van der Waals surface area (Å²) in [6, 6.07) is 2.98. The predicted octanol–water partition coefficient (Wildman–Crippen LogP) is 3.84. The highest BCUT2D eigenvalue weighted by Crippen LogP contribution is 2.34. The van der Waals surface area contributed by atoms with E-state index in [1.807, 2.05) is 0 Å². The van der Waals surface area contributed by atoms with Crippen LogP contribution in [0.4, 0.5) is 5.69 Å². The summed E-state index contributed by atoms with van der Waals surface area (Å²) in [5.41, 5.74) is 0.508. The second kappa shape index (κ2) is 8.69. The van der Waals surface area contributed by atoms with Gasteiger partial charge in [0.2, 0.25) is 5.91 Å². The number of halogens is 3. The summed E-state index contributed by atoms with van der Waals surface area (Å²) >= 11 is 11.6. The summed E-state index contributed by atoms with van der Waals surface area (Å²) in [5, 5.41) is 15.8. The Balaban J connectivity index is 0.00000220. The summed E-state index contributed by atoms with van der Waals surface area (Å²) < 4.78 is 0. The van der Waals surface area contributed by atoms with E-state index in [1.54, 1.807) is 0 Å². The largest absolute Gasteiger partial charge is 0.505 e. The van der Waals surface area contributed by atoms with Gasteiger partial charge in [0.05, 0.1) is 10.0 Å². The van der Waals surface area contributed by atoms with Crippen molar-refractivity contribution in [2.45, 2.75) is 25.7 Å². The van der Waals surface area contributed by atoms with Crippen LogP contribution in [0.25, 0.3) is 0 Å². The molecule has 1 aliphatic heterocycles. The number of aromatic hydroxyl groups is 1. The van der Waals surface area contributed by atoms with Gasteiger partial charge in [-0.1, -0.05) is 23.2 Å². The van der Waals surface area contributed by atoms with Crippen LogP contribution >= 0.6 is 35.6 Å². The minimum Gasteiger partial charge on any atom is -0.505 e. The Morgan fingerprint density at radius 2 is 1.86 bits per heavy atom. The summed E-state index contributed by atoms with van der Waals surface area (Å²) in [4.78, 5) is 11.9. The molecule has 0 spiro atoms. The van der Waals surface area contributed by atoms with Crippen molar-refractivity contribution in [2.24, 2.45) is 5.92 Å². The zero-order chi connectivity index (χ0) is 14.5. The molecule has 0 bridgehead atoms. The van der Waals surface area contributed by atoms with Crippen LogP contribution in [0.2, 0.25) is 10.0 Å². The maximum atomic E-state index is 11.9. The molecule has 0 saturated carbocycles. The summed E-state index contributed by atoms with van der Waals surface area (Å²) in [6.07, 6.45) is 3.64. The highest BCUT2D eigenvalue weighted by Gasteiger charge is 2.15. The highest BCUT2D eigenvalue weighted by atomic mass is 35.5. The fourth-order valence-corrected chi connectivity index (χ4v) is 2.85. The molecule has 1 aromatic carbocycles. The second-order valence-corrected chi connectivity index (χ2v) is 5.88. The van der Waals surface area contributed by atoms with Gasteiger partial charge in [-0.15, -0.1) is 12.4 Å². The molecule has 1 aromatic rings. The Hall–Kier alpha value is -0.680. The van der Waals surface area contributed by atoms with Gasteiger partial charge in [0, 0.05) is 12.1 Å². The lowest BCUT2D eigenvalue weighted by Gasteiger charge is -2.22. The van der Waals surface area contributed by atoms with E-state index >= 15 is 0 Å². The highest BCUT2D eigenvalue weighted by molar-refractivity contribution is 6.37. The molecule has 21 heavy (non-hydrogen) atoms. The average Bonchev–Trinajstić information content (AvgIpc) is 2.43. The van der Waals surface area contributed by atoms with E-state index in [0.29, 0.717) is 18.0 Å². The number of amides is 1. The SMILES string of the molecule is Cl.O=C(CCC1CCNCC1)Nc1cc(Cl)c(O)c(Cl)c1. The van der Waals surface area contributed by atoms with Crippen molar-refractivity contribution in [3.63, 3.8) is 0 Å². The van der Waals surface area contributed by atoms with E-state index in [-0.39, 0.29) is 34.1 Å². The molecule has 3 N–H and O–H groups in total. The number of carbonyl (C=O) groups excluding carboxylic acids is 1. The Kier molecular flexibility index (Phi) is 7.60. The number of phenols is 1. The van der Waals surface area contributed by atoms with Crippen LogP contribution in [0, 0.1) is 5.92 Å². The van der Waals surface area contributed by atoms with Crippen LogP contribution < -0.4 is 10.6 Å². The minimum absolute atomic E-state index is 0. The molecular formula is C14H19Cl3N2O2. The molecule has 0 atom stereocenters. The number of hydrogen-bond donors (Lipinski definition) is 3. The van der Waals surface area contributed by atoms with Crippen molar-refractivity contribution < 1.29 is 9.90 Å². The van der Waals surface area contributed by atoms with Crippen molar-refractivity contribution in [2.75, 3.05) is 18.4 Å². The molecule has 1 heterocycles. The van der Waals surface area contributed by atoms with Crippen LogP contribution in [-0.4, -0.2) is 24.1 Å². The fraction of sp³-hybridized carbons (Fsp3) is 0.500. The van der Waals surface area contributed by atoms with Crippen LogP contribution in [0.5, 0.6) is 5.75 Å². The zero-order valence-corrected chi connectivity index (χ0v) is 13.8. The van der Waals surface area contributed by atoms with Gasteiger partial charge in [-0.25, -0.2) is 0 Å². The van der Waals surface area contributed by atoms with Crippen LogP contribution in [0.3, 0.4) is 0 Å². The average molecular weight is 354 g/mol. The molecule has 1 fully saturated rings. The first-order valence-corrected chi connectivity index (χ1v) is 7.50. The summed E-state index contributed by atoms with van der Waals surface area (Å²) in [5.74, 6) is 0.399. The second-order valence-electron chi connectivity index (χ2n) is 5.07. The molecule has 1 amide bonds. The minimum atomic E-state index is -0.166. The van der Waals surface area contributed by atoms with Gasteiger partial charge in [0.15, 0.2) is 5.75 Å². The first kappa shape index (κ1) is 18.4. The predicted molar refractivity (Wildman–Crippen MR) is 88.8 cm³/mol. The maximum Gasteiger partial charge on any atom is 0.224 e. The molecule has 0 unspecified atom stereocenters. The normalized spacial score (nSPS) is 15.3.